The molecule has 1 heterocycles. The lowest BCUT2D eigenvalue weighted by Crippen LogP contribution is -2.06. The van der Waals surface area contributed by atoms with Crippen molar-refractivity contribution in [3.63, 3.8) is 0 Å². The normalized spacial score (nSPS) is 10.5. The molecule has 5 heteroatoms. The molecular formula is C21H22N2O3. The molecule has 1 aromatic heterocycles. The zero-order valence-corrected chi connectivity index (χ0v) is 14.8. The first-order chi connectivity index (χ1) is 12.8. The number of aromatic nitrogens is 2. The van der Waals surface area contributed by atoms with Crippen LogP contribution in [0.1, 0.15) is 35.7 Å². The second-order valence-corrected chi connectivity index (χ2v) is 5.94. The molecule has 26 heavy (non-hydrogen) atoms. The third kappa shape index (κ3) is 4.72. The number of esters is 1. The Labute approximate surface area is 153 Å². The van der Waals surface area contributed by atoms with Gasteiger partial charge in [-0.25, -0.2) is 9.78 Å². The number of hydrogen-bond acceptors (Lipinski definition) is 4. The minimum Gasteiger partial charge on any atom is -0.489 e. The van der Waals surface area contributed by atoms with Crippen molar-refractivity contribution in [3.05, 3.63) is 78.4 Å². The van der Waals surface area contributed by atoms with E-state index in [1.165, 1.54) is 0 Å². The Morgan fingerprint density at radius 2 is 1.85 bits per heavy atom. The summed E-state index contributed by atoms with van der Waals surface area (Å²) >= 11 is 0. The predicted molar refractivity (Wildman–Crippen MR) is 99.5 cm³/mol. The molecule has 0 aliphatic rings. The van der Waals surface area contributed by atoms with E-state index in [-0.39, 0.29) is 5.97 Å². The third-order valence-electron chi connectivity index (χ3n) is 3.97. The molecule has 0 bridgehead atoms. The Kier molecular flexibility index (Phi) is 6.04. The zero-order chi connectivity index (χ0) is 18.2. The van der Waals surface area contributed by atoms with E-state index in [2.05, 4.69) is 11.9 Å². The number of nitrogens with zero attached hydrogens (tertiary/aromatic N) is 2. The van der Waals surface area contributed by atoms with Gasteiger partial charge in [0.05, 0.1) is 18.5 Å². The van der Waals surface area contributed by atoms with Crippen molar-refractivity contribution in [2.75, 3.05) is 6.61 Å². The van der Waals surface area contributed by atoms with Crippen molar-refractivity contribution in [2.24, 2.45) is 0 Å². The third-order valence-corrected chi connectivity index (χ3v) is 3.97. The highest BCUT2D eigenvalue weighted by molar-refractivity contribution is 5.89. The van der Waals surface area contributed by atoms with Crippen LogP contribution in [0, 0.1) is 0 Å². The van der Waals surface area contributed by atoms with Gasteiger partial charge in [0.25, 0.3) is 0 Å². The Morgan fingerprint density at radius 3 is 2.50 bits per heavy atom. The number of carbonyl (C=O) groups is 1. The van der Waals surface area contributed by atoms with Crippen LogP contribution >= 0.6 is 0 Å². The molecule has 0 aliphatic carbocycles. The molecule has 0 spiro atoms. The molecule has 5 nitrogen and oxygen atoms in total. The maximum Gasteiger partial charge on any atom is 0.338 e. The minimum absolute atomic E-state index is 0.277. The molecule has 0 fully saturated rings. The molecule has 0 atom stereocenters. The van der Waals surface area contributed by atoms with Gasteiger partial charge in [-0.1, -0.05) is 25.5 Å². The fraction of sp³-hybridized carbons (Fsp3) is 0.238. The summed E-state index contributed by atoms with van der Waals surface area (Å²) in [4.78, 5) is 15.9. The van der Waals surface area contributed by atoms with Gasteiger partial charge in [0.2, 0.25) is 0 Å². The van der Waals surface area contributed by atoms with Crippen LogP contribution in [0.2, 0.25) is 0 Å². The smallest absolute Gasteiger partial charge is 0.338 e. The van der Waals surface area contributed by atoms with E-state index in [9.17, 15) is 4.79 Å². The molecule has 134 valence electrons. The molecule has 3 aromatic rings. The summed E-state index contributed by atoms with van der Waals surface area (Å²) in [5, 5.41) is 0. The van der Waals surface area contributed by atoms with Crippen molar-refractivity contribution in [3.8, 4) is 11.4 Å². The molecule has 2 aromatic carbocycles. The second-order valence-electron chi connectivity index (χ2n) is 5.94. The van der Waals surface area contributed by atoms with Gasteiger partial charge in [0, 0.05) is 18.1 Å². The first kappa shape index (κ1) is 17.7. The van der Waals surface area contributed by atoms with Crippen molar-refractivity contribution in [2.45, 2.75) is 26.4 Å². The van der Waals surface area contributed by atoms with E-state index in [0.717, 1.165) is 29.8 Å². The predicted octanol–water partition coefficient (Wildman–Crippen LogP) is 4.41. The monoisotopic (exact) mass is 350 g/mol. The van der Waals surface area contributed by atoms with E-state index >= 15 is 0 Å². The van der Waals surface area contributed by atoms with Crippen LogP contribution < -0.4 is 4.74 Å². The highest BCUT2D eigenvalue weighted by atomic mass is 16.5. The Morgan fingerprint density at radius 1 is 1.08 bits per heavy atom. The van der Waals surface area contributed by atoms with Gasteiger partial charge in [0.1, 0.15) is 12.4 Å². The maximum absolute atomic E-state index is 11.9. The van der Waals surface area contributed by atoms with Crippen molar-refractivity contribution in [1.82, 2.24) is 9.55 Å². The van der Waals surface area contributed by atoms with Crippen molar-refractivity contribution < 1.29 is 14.3 Å². The van der Waals surface area contributed by atoms with E-state index in [1.54, 1.807) is 24.7 Å². The second kappa shape index (κ2) is 8.85. The highest BCUT2D eigenvalue weighted by Crippen LogP contribution is 2.17. The van der Waals surface area contributed by atoms with Crippen molar-refractivity contribution >= 4 is 5.97 Å². The van der Waals surface area contributed by atoms with Gasteiger partial charge in [-0.15, -0.1) is 0 Å². The maximum atomic E-state index is 11.9. The van der Waals surface area contributed by atoms with Gasteiger partial charge >= 0.3 is 5.97 Å². The van der Waals surface area contributed by atoms with Gasteiger partial charge in [0.15, 0.2) is 0 Å². The Hall–Kier alpha value is -3.08. The molecule has 0 aliphatic heterocycles. The van der Waals surface area contributed by atoms with Gasteiger partial charge in [-0.2, -0.15) is 0 Å². The Balaban J connectivity index is 1.52. The first-order valence-corrected chi connectivity index (χ1v) is 8.73. The molecule has 0 radical (unpaired) electrons. The number of unbranched alkanes of at least 4 members (excludes halogenated alkanes) is 1. The zero-order valence-electron chi connectivity index (χ0n) is 14.8. The lowest BCUT2D eigenvalue weighted by molar-refractivity contribution is 0.0499. The molecular weight excluding hydrogens is 328 g/mol. The van der Waals surface area contributed by atoms with Crippen LogP contribution in [0.4, 0.5) is 0 Å². The highest BCUT2D eigenvalue weighted by Gasteiger charge is 2.06. The van der Waals surface area contributed by atoms with Crippen LogP contribution in [-0.2, 0) is 11.3 Å². The molecule has 3 rings (SSSR count). The molecule has 0 saturated heterocycles. The van der Waals surface area contributed by atoms with Gasteiger partial charge < -0.3 is 14.0 Å². The van der Waals surface area contributed by atoms with Crippen LogP contribution in [0.5, 0.6) is 5.75 Å². The van der Waals surface area contributed by atoms with Gasteiger partial charge in [-0.3, -0.25) is 0 Å². The van der Waals surface area contributed by atoms with E-state index < -0.39 is 0 Å². The number of rotatable bonds is 8. The van der Waals surface area contributed by atoms with Gasteiger partial charge in [-0.05, 0) is 48.4 Å². The topological polar surface area (TPSA) is 53.4 Å². The minimum atomic E-state index is -0.277. The van der Waals surface area contributed by atoms with E-state index in [0.29, 0.717) is 18.8 Å². The summed E-state index contributed by atoms with van der Waals surface area (Å²) in [6.45, 7) is 2.97. The average Bonchev–Trinajstić information content (AvgIpc) is 3.22. The van der Waals surface area contributed by atoms with Crippen LogP contribution in [0.3, 0.4) is 0 Å². The summed E-state index contributed by atoms with van der Waals surface area (Å²) in [5.41, 5.74) is 2.59. The van der Waals surface area contributed by atoms with Crippen LogP contribution in [0.25, 0.3) is 5.69 Å². The summed E-state index contributed by atoms with van der Waals surface area (Å²) < 4.78 is 12.9. The number of benzene rings is 2. The van der Waals surface area contributed by atoms with Crippen LogP contribution in [-0.4, -0.2) is 22.1 Å². The molecule has 0 N–H and O–H groups in total. The fourth-order valence-corrected chi connectivity index (χ4v) is 2.42. The number of hydrogen-bond donors (Lipinski definition) is 0. The van der Waals surface area contributed by atoms with Crippen LogP contribution in [0.15, 0.2) is 67.3 Å². The standard InChI is InChI=1S/C21H22N2O3/c1-2-3-14-25-21(24)18-6-4-17(5-7-18)15-26-20-10-8-19(9-11-20)23-13-12-22-16-23/h4-13,16H,2-3,14-15H2,1H3. The number of carbonyl (C=O) groups excluding carboxylic acids is 1. The quantitative estimate of drug-likeness (QED) is 0.446. The summed E-state index contributed by atoms with van der Waals surface area (Å²) in [6.07, 6.45) is 7.28. The lowest BCUT2D eigenvalue weighted by atomic mass is 10.1. The number of ether oxygens (including phenoxy) is 2. The first-order valence-electron chi connectivity index (χ1n) is 8.73. The number of imidazole rings is 1. The van der Waals surface area contributed by atoms with E-state index in [4.69, 9.17) is 9.47 Å². The molecule has 0 saturated carbocycles. The largest absolute Gasteiger partial charge is 0.489 e. The Bertz CT molecular complexity index is 809. The summed E-state index contributed by atoms with van der Waals surface area (Å²) in [6, 6.07) is 15.1. The summed E-state index contributed by atoms with van der Waals surface area (Å²) in [7, 11) is 0. The SMILES string of the molecule is CCCCOC(=O)c1ccc(COc2ccc(-n3ccnc3)cc2)cc1. The van der Waals surface area contributed by atoms with E-state index in [1.807, 2.05) is 47.2 Å². The lowest BCUT2D eigenvalue weighted by Gasteiger charge is -2.09. The van der Waals surface area contributed by atoms with Crippen molar-refractivity contribution in [1.29, 1.82) is 0 Å². The average molecular weight is 350 g/mol. The fourth-order valence-electron chi connectivity index (χ4n) is 2.42. The molecule has 0 unspecified atom stereocenters. The molecule has 0 amide bonds. The summed E-state index contributed by atoms with van der Waals surface area (Å²) in [5.74, 6) is 0.512.